The second-order valence-electron chi connectivity index (χ2n) is 6.20. The molecule has 0 saturated heterocycles. The van der Waals surface area contributed by atoms with Crippen molar-refractivity contribution in [2.45, 2.75) is 32.2 Å². The molecular weight excluding hydrogens is 352 g/mol. The number of nitrogens with zero attached hydrogens (tertiary/aromatic N) is 1. The molecule has 0 amide bonds. The van der Waals surface area contributed by atoms with Gasteiger partial charge in [0, 0.05) is 19.9 Å². The van der Waals surface area contributed by atoms with Crippen LogP contribution in [0.5, 0.6) is 0 Å². The minimum atomic E-state index is -0.702. The molecule has 1 aromatic carbocycles. The van der Waals surface area contributed by atoms with Crippen molar-refractivity contribution in [1.82, 2.24) is 0 Å². The van der Waals surface area contributed by atoms with Crippen LogP contribution in [-0.2, 0) is 9.47 Å². The van der Waals surface area contributed by atoms with Gasteiger partial charge in [0.2, 0.25) is 0 Å². The lowest BCUT2D eigenvalue weighted by atomic mass is 10.1. The highest BCUT2D eigenvalue weighted by atomic mass is 16.5. The number of para-hydroxylation sites is 2. The van der Waals surface area contributed by atoms with Gasteiger partial charge in [-0.3, -0.25) is 4.99 Å². The average Bonchev–Trinajstić information content (AvgIpc) is 2.72. The molecule has 2 N–H and O–H groups in total. The maximum Gasteiger partial charge on any atom is 0.0962 e. The van der Waals surface area contributed by atoms with Crippen molar-refractivity contribution < 1.29 is 14.6 Å². The average molecular weight is 385 g/mol. The van der Waals surface area contributed by atoms with Crippen LogP contribution >= 0.6 is 0 Å². The first-order chi connectivity index (χ1) is 13.5. The van der Waals surface area contributed by atoms with Crippen LogP contribution in [0.4, 0.5) is 11.4 Å². The number of methoxy groups -OCH3 is 1. The van der Waals surface area contributed by atoms with Crippen LogP contribution < -0.4 is 5.32 Å². The van der Waals surface area contributed by atoms with Gasteiger partial charge in [-0.25, -0.2) is 0 Å². The summed E-state index contributed by atoms with van der Waals surface area (Å²) in [5.74, 6) is 0. The summed E-state index contributed by atoms with van der Waals surface area (Å²) in [7, 11) is 1.64. The van der Waals surface area contributed by atoms with E-state index in [-0.39, 0.29) is 12.2 Å². The summed E-state index contributed by atoms with van der Waals surface area (Å²) in [4.78, 5) is 4.45. The second-order valence-corrected chi connectivity index (χ2v) is 6.20. The number of hydrogen-bond acceptors (Lipinski definition) is 5. The first-order valence-corrected chi connectivity index (χ1v) is 9.33. The zero-order chi connectivity index (χ0) is 20.8. The van der Waals surface area contributed by atoms with Gasteiger partial charge in [0.25, 0.3) is 0 Å². The van der Waals surface area contributed by atoms with Crippen LogP contribution in [0, 0.1) is 0 Å². The molecule has 152 valence electrons. The lowest BCUT2D eigenvalue weighted by molar-refractivity contribution is 0.134. The summed E-state index contributed by atoms with van der Waals surface area (Å²) < 4.78 is 10.7. The monoisotopic (exact) mass is 384 g/mol. The summed E-state index contributed by atoms with van der Waals surface area (Å²) in [6.45, 7) is 12.0. The predicted octanol–water partition coefficient (Wildman–Crippen LogP) is 4.46. The van der Waals surface area contributed by atoms with Crippen LogP contribution in [0.1, 0.15) is 13.8 Å². The van der Waals surface area contributed by atoms with Gasteiger partial charge in [0.1, 0.15) is 0 Å². The topological polar surface area (TPSA) is 63.1 Å². The van der Waals surface area contributed by atoms with Gasteiger partial charge in [-0.2, -0.15) is 0 Å². The smallest absolute Gasteiger partial charge is 0.0962 e. The lowest BCUT2D eigenvalue weighted by Crippen LogP contribution is -2.21. The van der Waals surface area contributed by atoms with E-state index in [2.05, 4.69) is 23.5 Å². The largest absolute Gasteiger partial charge is 0.387 e. The fourth-order valence-corrected chi connectivity index (χ4v) is 2.20. The van der Waals surface area contributed by atoms with E-state index in [1.54, 1.807) is 31.6 Å². The van der Waals surface area contributed by atoms with Crippen molar-refractivity contribution in [3.8, 4) is 0 Å². The van der Waals surface area contributed by atoms with Gasteiger partial charge in [-0.05, 0) is 31.6 Å². The van der Waals surface area contributed by atoms with Gasteiger partial charge in [0.15, 0.2) is 0 Å². The Morgan fingerprint density at radius 2 is 2.00 bits per heavy atom. The third-order valence-electron chi connectivity index (χ3n) is 4.01. The number of aliphatic hydroxyl groups excluding tert-OH is 1. The summed E-state index contributed by atoms with van der Waals surface area (Å²) in [5, 5.41) is 13.8. The van der Waals surface area contributed by atoms with Crippen LogP contribution in [0.25, 0.3) is 0 Å². The van der Waals surface area contributed by atoms with Gasteiger partial charge in [-0.15, -0.1) is 6.58 Å². The first-order valence-electron chi connectivity index (χ1n) is 9.33. The summed E-state index contributed by atoms with van der Waals surface area (Å²) in [6.07, 6.45) is 9.89. The molecule has 0 aromatic heterocycles. The van der Waals surface area contributed by atoms with Crippen molar-refractivity contribution in [2.24, 2.45) is 4.99 Å². The molecule has 0 heterocycles. The van der Waals surface area contributed by atoms with Gasteiger partial charge >= 0.3 is 0 Å². The van der Waals surface area contributed by atoms with Crippen LogP contribution in [0.15, 0.2) is 78.4 Å². The Hall–Kier alpha value is -2.47. The number of rotatable bonds is 13. The molecule has 0 spiro atoms. The van der Waals surface area contributed by atoms with Gasteiger partial charge in [0.05, 0.1) is 36.3 Å². The zero-order valence-corrected chi connectivity index (χ0v) is 17.0. The standard InChI is InChI=1S/C23H32N2O3/c1-6-10-20(14-13-19(4)27-5)23(26)17-25-22-12-9-8-11-21(22)24-15-16-28-18(3)7-2/h6-15,18-19,23,25-26H,1-2,16-17H2,3-5H3/b14-13-,20-10+,24-15?. The van der Waals surface area contributed by atoms with E-state index >= 15 is 0 Å². The minimum Gasteiger partial charge on any atom is -0.387 e. The Labute approximate surface area is 168 Å². The Morgan fingerprint density at radius 3 is 2.68 bits per heavy atom. The maximum absolute atomic E-state index is 10.5. The molecule has 0 radical (unpaired) electrons. The first kappa shape index (κ1) is 23.6. The predicted molar refractivity (Wildman–Crippen MR) is 119 cm³/mol. The molecule has 3 unspecified atom stereocenters. The van der Waals surface area contributed by atoms with E-state index in [0.29, 0.717) is 13.2 Å². The molecule has 3 atom stereocenters. The minimum absolute atomic E-state index is 0.0149. The molecule has 5 heteroatoms. The molecule has 28 heavy (non-hydrogen) atoms. The normalized spacial score (nSPS) is 15.5. The molecular formula is C23H32N2O3. The Morgan fingerprint density at radius 1 is 1.25 bits per heavy atom. The highest BCUT2D eigenvalue weighted by Crippen LogP contribution is 2.24. The Kier molecular flexibility index (Phi) is 11.5. The number of aliphatic hydroxyl groups is 1. The fraction of sp³-hybridized carbons (Fsp3) is 0.348. The third-order valence-corrected chi connectivity index (χ3v) is 4.01. The van der Waals surface area contributed by atoms with E-state index in [4.69, 9.17) is 9.47 Å². The van der Waals surface area contributed by atoms with E-state index < -0.39 is 6.10 Å². The van der Waals surface area contributed by atoms with Gasteiger partial charge in [-0.1, -0.05) is 49.1 Å². The molecule has 0 aliphatic heterocycles. The highest BCUT2D eigenvalue weighted by Gasteiger charge is 2.09. The molecule has 1 aromatic rings. The number of hydrogen-bond donors (Lipinski definition) is 2. The van der Waals surface area contributed by atoms with Crippen molar-refractivity contribution in [2.75, 3.05) is 25.6 Å². The molecule has 5 nitrogen and oxygen atoms in total. The van der Waals surface area contributed by atoms with Gasteiger partial charge < -0.3 is 19.9 Å². The van der Waals surface area contributed by atoms with E-state index in [1.807, 2.05) is 50.3 Å². The fourth-order valence-electron chi connectivity index (χ4n) is 2.20. The molecule has 0 bridgehead atoms. The van der Waals surface area contributed by atoms with Crippen molar-refractivity contribution >= 4 is 17.6 Å². The molecule has 0 fully saturated rings. The number of allylic oxidation sites excluding steroid dienone is 2. The lowest BCUT2D eigenvalue weighted by Gasteiger charge is -2.15. The van der Waals surface area contributed by atoms with Crippen LogP contribution in [0.2, 0.25) is 0 Å². The second kappa shape index (κ2) is 13.7. The number of anilines is 1. The molecule has 0 saturated carbocycles. The maximum atomic E-state index is 10.5. The highest BCUT2D eigenvalue weighted by molar-refractivity contribution is 5.72. The third kappa shape index (κ3) is 8.95. The van der Waals surface area contributed by atoms with E-state index in [9.17, 15) is 5.11 Å². The summed E-state index contributed by atoms with van der Waals surface area (Å²) in [6, 6.07) is 7.67. The molecule has 0 aliphatic rings. The number of benzene rings is 1. The van der Waals surface area contributed by atoms with Crippen molar-refractivity contribution in [3.05, 3.63) is 73.4 Å². The number of aliphatic imine (C=N–C) groups is 1. The van der Waals surface area contributed by atoms with Crippen molar-refractivity contribution in [1.29, 1.82) is 0 Å². The summed E-state index contributed by atoms with van der Waals surface area (Å²) in [5.41, 5.74) is 2.36. The summed E-state index contributed by atoms with van der Waals surface area (Å²) >= 11 is 0. The zero-order valence-electron chi connectivity index (χ0n) is 17.0. The molecule has 0 aliphatic carbocycles. The van der Waals surface area contributed by atoms with Crippen molar-refractivity contribution in [3.63, 3.8) is 0 Å². The van der Waals surface area contributed by atoms with E-state index in [0.717, 1.165) is 16.9 Å². The number of ether oxygens (including phenoxy) is 2. The Bertz CT molecular complexity index is 695. The Balaban J connectivity index is 2.73. The SMILES string of the molecule is C=C/C=C(\C=C/C(C)OC)C(O)CNc1ccccc1N=CCOC(C)C=C. The number of nitrogens with one attached hydrogen (secondary N) is 1. The van der Waals surface area contributed by atoms with Crippen LogP contribution in [0.3, 0.4) is 0 Å². The van der Waals surface area contributed by atoms with E-state index in [1.165, 1.54) is 0 Å². The van der Waals surface area contributed by atoms with Crippen LogP contribution in [-0.4, -0.2) is 49.9 Å². The molecule has 1 rings (SSSR count). The quantitative estimate of drug-likeness (QED) is 0.299.